The average molecular weight is 297 g/mol. The molecule has 0 amide bonds. The summed E-state index contributed by atoms with van der Waals surface area (Å²) in [6, 6.07) is 2.06. The van der Waals surface area contributed by atoms with Crippen LogP contribution in [0.2, 0.25) is 0 Å². The third-order valence-corrected chi connectivity index (χ3v) is 6.51. The molecular formula is C14H23N3O2S. The molecule has 1 saturated carbocycles. The fraction of sp³-hybridized carbons (Fsp3) is 0.714. The van der Waals surface area contributed by atoms with Crippen LogP contribution in [0.15, 0.2) is 17.2 Å². The largest absolute Gasteiger partial charge is 0.349 e. The van der Waals surface area contributed by atoms with E-state index < -0.39 is 10.0 Å². The molecule has 1 aromatic heterocycles. The molecule has 0 spiro atoms. The number of rotatable bonds is 5. The Bertz CT molecular complexity index is 594. The molecule has 6 heteroatoms. The van der Waals surface area contributed by atoms with Crippen LogP contribution < -0.4 is 5.32 Å². The number of nitrogens with one attached hydrogen (secondary N) is 1. The zero-order valence-corrected chi connectivity index (χ0v) is 13.0. The monoisotopic (exact) mass is 297 g/mol. The molecule has 20 heavy (non-hydrogen) atoms. The molecule has 3 rings (SSSR count). The van der Waals surface area contributed by atoms with E-state index in [2.05, 4.69) is 5.32 Å². The standard InChI is InChI=1S/C14H23N3O2S/c1-3-16-10-14(7-13(16)8-15-2)20(18,19)17-9-11-4-5-12(17)6-11/h7,10-12,15H,3-6,8-9H2,1-2H3. The maximum Gasteiger partial charge on any atom is 0.244 e. The van der Waals surface area contributed by atoms with Gasteiger partial charge in [0.05, 0.1) is 0 Å². The average Bonchev–Trinajstić information content (AvgIpc) is 3.13. The van der Waals surface area contributed by atoms with Crippen LogP contribution in [-0.2, 0) is 23.1 Å². The molecule has 2 unspecified atom stereocenters. The molecule has 2 bridgehead atoms. The molecule has 1 N–H and O–H groups in total. The lowest BCUT2D eigenvalue weighted by molar-refractivity contribution is 0.333. The minimum Gasteiger partial charge on any atom is -0.349 e. The summed E-state index contributed by atoms with van der Waals surface area (Å²) in [6.45, 7) is 4.23. The van der Waals surface area contributed by atoms with Gasteiger partial charge in [0.2, 0.25) is 10.0 Å². The Kier molecular flexibility index (Phi) is 3.64. The van der Waals surface area contributed by atoms with Gasteiger partial charge in [0.1, 0.15) is 4.90 Å². The van der Waals surface area contributed by atoms with Gasteiger partial charge in [-0.3, -0.25) is 0 Å². The smallest absolute Gasteiger partial charge is 0.244 e. The Morgan fingerprint density at radius 2 is 2.20 bits per heavy atom. The van der Waals surface area contributed by atoms with Gasteiger partial charge in [-0.15, -0.1) is 0 Å². The van der Waals surface area contributed by atoms with E-state index in [0.29, 0.717) is 23.9 Å². The molecule has 1 aliphatic heterocycles. The van der Waals surface area contributed by atoms with Crippen LogP contribution >= 0.6 is 0 Å². The molecule has 2 heterocycles. The van der Waals surface area contributed by atoms with Crippen molar-refractivity contribution in [1.29, 1.82) is 0 Å². The highest BCUT2D eigenvalue weighted by molar-refractivity contribution is 7.89. The second-order valence-corrected chi connectivity index (χ2v) is 7.78. The van der Waals surface area contributed by atoms with Crippen LogP contribution in [-0.4, -0.2) is 36.9 Å². The maximum absolute atomic E-state index is 12.8. The highest BCUT2D eigenvalue weighted by Gasteiger charge is 2.44. The second-order valence-electron chi connectivity index (χ2n) is 5.89. The summed E-state index contributed by atoms with van der Waals surface area (Å²) in [5, 5.41) is 3.09. The lowest BCUT2D eigenvalue weighted by Gasteiger charge is -2.25. The van der Waals surface area contributed by atoms with Gasteiger partial charge in [-0.2, -0.15) is 4.31 Å². The molecule has 0 radical (unpaired) electrons. The molecule has 1 aromatic rings. The molecule has 1 saturated heterocycles. The van der Waals surface area contributed by atoms with E-state index >= 15 is 0 Å². The van der Waals surface area contributed by atoms with Gasteiger partial charge < -0.3 is 9.88 Å². The number of hydrogen-bond donors (Lipinski definition) is 1. The Morgan fingerprint density at radius 1 is 1.40 bits per heavy atom. The lowest BCUT2D eigenvalue weighted by atomic mass is 10.1. The molecule has 5 nitrogen and oxygen atoms in total. The molecule has 2 aliphatic rings. The van der Waals surface area contributed by atoms with Gasteiger partial charge in [-0.25, -0.2) is 8.42 Å². The fourth-order valence-corrected chi connectivity index (χ4v) is 5.41. The van der Waals surface area contributed by atoms with Crippen LogP contribution in [0.4, 0.5) is 0 Å². The molecule has 2 fully saturated rings. The van der Waals surface area contributed by atoms with E-state index in [0.717, 1.165) is 25.1 Å². The number of nitrogens with zero attached hydrogens (tertiary/aromatic N) is 2. The first-order valence-electron chi connectivity index (χ1n) is 7.41. The first-order chi connectivity index (χ1) is 9.56. The summed E-state index contributed by atoms with van der Waals surface area (Å²) in [7, 11) is -1.44. The van der Waals surface area contributed by atoms with Crippen LogP contribution in [0.3, 0.4) is 0 Å². The van der Waals surface area contributed by atoms with E-state index in [-0.39, 0.29) is 6.04 Å². The quantitative estimate of drug-likeness (QED) is 0.894. The van der Waals surface area contributed by atoms with Gasteiger partial charge in [0, 0.05) is 37.6 Å². The Labute approximate surface area is 121 Å². The van der Waals surface area contributed by atoms with E-state index in [4.69, 9.17) is 0 Å². The van der Waals surface area contributed by atoms with E-state index in [1.54, 1.807) is 10.5 Å². The van der Waals surface area contributed by atoms with Crippen molar-refractivity contribution in [2.24, 2.45) is 5.92 Å². The minimum atomic E-state index is -3.31. The van der Waals surface area contributed by atoms with Gasteiger partial charge in [0.15, 0.2) is 0 Å². The van der Waals surface area contributed by atoms with E-state index in [1.807, 2.05) is 24.6 Å². The van der Waals surface area contributed by atoms with Crippen LogP contribution in [0.5, 0.6) is 0 Å². The summed E-state index contributed by atoms with van der Waals surface area (Å²) in [5.41, 5.74) is 1.03. The topological polar surface area (TPSA) is 54.3 Å². The first-order valence-corrected chi connectivity index (χ1v) is 8.85. The summed E-state index contributed by atoms with van der Waals surface area (Å²) in [5.74, 6) is 0.583. The lowest BCUT2D eigenvalue weighted by Crippen LogP contribution is -2.37. The van der Waals surface area contributed by atoms with Gasteiger partial charge in [-0.05, 0) is 45.2 Å². The van der Waals surface area contributed by atoms with Crippen molar-refractivity contribution in [3.05, 3.63) is 18.0 Å². The number of aromatic nitrogens is 1. The van der Waals surface area contributed by atoms with Crippen molar-refractivity contribution in [3.63, 3.8) is 0 Å². The van der Waals surface area contributed by atoms with Crippen molar-refractivity contribution in [2.45, 2.75) is 50.2 Å². The maximum atomic E-state index is 12.8. The van der Waals surface area contributed by atoms with Crippen molar-refractivity contribution in [1.82, 2.24) is 14.2 Å². The normalized spacial score (nSPS) is 26.5. The fourth-order valence-electron chi connectivity index (χ4n) is 3.60. The number of sulfonamides is 1. The number of hydrogen-bond acceptors (Lipinski definition) is 3. The Hall–Kier alpha value is -0.850. The zero-order chi connectivity index (χ0) is 14.3. The minimum absolute atomic E-state index is 0.239. The first kappa shape index (κ1) is 14.1. The van der Waals surface area contributed by atoms with Crippen molar-refractivity contribution in [3.8, 4) is 0 Å². The SMILES string of the molecule is CCn1cc(S(=O)(=O)N2CC3CCC2C3)cc1CNC. The van der Waals surface area contributed by atoms with Crippen molar-refractivity contribution >= 4 is 10.0 Å². The molecular weight excluding hydrogens is 274 g/mol. The predicted molar refractivity (Wildman–Crippen MR) is 77.9 cm³/mol. The Morgan fingerprint density at radius 3 is 2.75 bits per heavy atom. The van der Waals surface area contributed by atoms with Gasteiger partial charge >= 0.3 is 0 Å². The molecule has 112 valence electrons. The van der Waals surface area contributed by atoms with Gasteiger partial charge in [-0.1, -0.05) is 0 Å². The van der Waals surface area contributed by atoms with E-state index in [9.17, 15) is 8.42 Å². The Balaban J connectivity index is 1.91. The van der Waals surface area contributed by atoms with Crippen molar-refractivity contribution < 1.29 is 8.42 Å². The number of piperidine rings is 1. The number of fused-ring (bicyclic) bond motifs is 2. The summed E-state index contributed by atoms with van der Waals surface area (Å²) in [4.78, 5) is 0.456. The summed E-state index contributed by atoms with van der Waals surface area (Å²) >= 11 is 0. The molecule has 2 atom stereocenters. The highest BCUT2D eigenvalue weighted by atomic mass is 32.2. The highest BCUT2D eigenvalue weighted by Crippen LogP contribution is 2.40. The second kappa shape index (κ2) is 5.16. The zero-order valence-electron chi connectivity index (χ0n) is 12.2. The van der Waals surface area contributed by atoms with E-state index in [1.165, 1.54) is 6.42 Å². The van der Waals surface area contributed by atoms with Crippen LogP contribution in [0, 0.1) is 5.92 Å². The third-order valence-electron chi connectivity index (χ3n) is 4.62. The van der Waals surface area contributed by atoms with Gasteiger partial charge in [0.25, 0.3) is 0 Å². The van der Waals surface area contributed by atoms with Crippen molar-refractivity contribution in [2.75, 3.05) is 13.6 Å². The number of aryl methyl sites for hydroxylation is 1. The summed E-state index contributed by atoms with van der Waals surface area (Å²) in [6.07, 6.45) is 5.06. The molecule has 1 aliphatic carbocycles. The predicted octanol–water partition coefficient (Wildman–Crippen LogP) is 1.40. The van der Waals surface area contributed by atoms with Crippen LogP contribution in [0.1, 0.15) is 31.9 Å². The summed E-state index contributed by atoms with van der Waals surface area (Å²) < 4.78 is 29.4. The third kappa shape index (κ3) is 2.19. The van der Waals surface area contributed by atoms with Crippen LogP contribution in [0.25, 0.3) is 0 Å². The molecule has 0 aromatic carbocycles.